The van der Waals surface area contributed by atoms with Crippen LogP contribution >= 0.6 is 0 Å². The van der Waals surface area contributed by atoms with Crippen molar-refractivity contribution in [2.45, 2.75) is 57.3 Å². The van der Waals surface area contributed by atoms with Crippen LogP contribution in [-0.4, -0.2) is 63.2 Å². The number of carboxylic acid groups (broad SMARTS) is 1. The second kappa shape index (κ2) is 11.2. The molecule has 1 N–H and O–H groups in total. The zero-order valence-electron chi connectivity index (χ0n) is 20.7. The highest BCUT2D eigenvalue weighted by atomic mass is 19.1. The Morgan fingerprint density at radius 1 is 1.11 bits per heavy atom. The number of hydrogen-bond donors (Lipinski definition) is 1. The van der Waals surface area contributed by atoms with Crippen LogP contribution in [0.15, 0.2) is 36.4 Å². The Kier molecular flexibility index (Phi) is 8.00. The minimum absolute atomic E-state index is 0.0310. The summed E-state index contributed by atoms with van der Waals surface area (Å²) in [5.74, 6) is 0.492. The summed E-state index contributed by atoms with van der Waals surface area (Å²) in [6.07, 6.45) is 3.19. The summed E-state index contributed by atoms with van der Waals surface area (Å²) in [6, 6.07) is 11.1. The minimum Gasteiger partial charge on any atom is -0.496 e. The van der Waals surface area contributed by atoms with Gasteiger partial charge in [0, 0.05) is 57.4 Å². The van der Waals surface area contributed by atoms with E-state index in [0.717, 1.165) is 42.0 Å². The second-order valence-electron chi connectivity index (χ2n) is 9.26. The molecule has 8 heteroatoms. The van der Waals surface area contributed by atoms with Gasteiger partial charge in [-0.1, -0.05) is 6.92 Å². The van der Waals surface area contributed by atoms with Gasteiger partial charge in [-0.15, -0.1) is 0 Å². The van der Waals surface area contributed by atoms with E-state index in [-0.39, 0.29) is 30.5 Å². The molecule has 2 aliphatic heterocycles. The molecule has 0 spiro atoms. The molecule has 2 aliphatic rings. The number of methoxy groups -OCH3 is 2. The molecule has 2 saturated heterocycles. The number of hydrogen-bond acceptors (Lipinski definition) is 6. The maximum absolute atomic E-state index is 14.7. The SMILES string of the molecule is CCc1cc(F)c(N2CCC(Oc3ccc(N4C[C@H](OC)C[C@@H]4CC(=O)O)cc3)CC2)cc1OC. The van der Waals surface area contributed by atoms with Crippen LogP contribution in [-0.2, 0) is 16.0 Å². The number of aliphatic carboxylic acids is 1. The van der Waals surface area contributed by atoms with E-state index in [1.165, 1.54) is 0 Å². The van der Waals surface area contributed by atoms with Crippen LogP contribution in [0.3, 0.4) is 0 Å². The van der Waals surface area contributed by atoms with Crippen LogP contribution < -0.4 is 19.3 Å². The highest BCUT2D eigenvalue weighted by Gasteiger charge is 2.33. The average Bonchev–Trinajstić information content (AvgIpc) is 3.27. The van der Waals surface area contributed by atoms with Crippen molar-refractivity contribution in [1.29, 1.82) is 0 Å². The minimum atomic E-state index is -0.803. The number of aryl methyl sites for hydroxylation is 1. The van der Waals surface area contributed by atoms with E-state index in [0.29, 0.717) is 31.7 Å². The average molecular weight is 487 g/mol. The predicted molar refractivity (Wildman–Crippen MR) is 133 cm³/mol. The third kappa shape index (κ3) is 5.81. The summed E-state index contributed by atoms with van der Waals surface area (Å²) >= 11 is 0. The van der Waals surface area contributed by atoms with Crippen LogP contribution in [0.2, 0.25) is 0 Å². The standard InChI is InChI=1S/C27H35FN2O5/c1-4-18-13-24(28)25(16-26(18)34-3)29-11-9-22(10-12-29)35-21-7-5-19(6-8-21)30-17-23(33-2)14-20(30)15-27(31)32/h5-8,13,16,20,22-23H,4,9-12,14-15,17H2,1-3H3,(H,31,32)/t20-,23-/m1/s1. The van der Waals surface area contributed by atoms with Crippen LogP contribution in [0.25, 0.3) is 0 Å². The Bertz CT molecular complexity index is 1010. The van der Waals surface area contributed by atoms with E-state index in [9.17, 15) is 14.3 Å². The third-order valence-corrected chi connectivity index (χ3v) is 7.10. The van der Waals surface area contributed by atoms with Crippen molar-refractivity contribution in [2.24, 2.45) is 0 Å². The van der Waals surface area contributed by atoms with Crippen molar-refractivity contribution in [2.75, 3.05) is 43.7 Å². The normalized spacial score (nSPS) is 20.8. The number of carboxylic acids is 1. The molecule has 0 amide bonds. The molecule has 0 unspecified atom stereocenters. The first-order valence-corrected chi connectivity index (χ1v) is 12.3. The quantitative estimate of drug-likeness (QED) is 0.559. The Labute approximate surface area is 206 Å². The molecular weight excluding hydrogens is 451 g/mol. The molecule has 35 heavy (non-hydrogen) atoms. The van der Waals surface area contributed by atoms with Gasteiger partial charge in [0.25, 0.3) is 0 Å². The van der Waals surface area contributed by atoms with Gasteiger partial charge < -0.3 is 29.1 Å². The first-order chi connectivity index (χ1) is 16.9. The number of carbonyl (C=O) groups is 1. The van der Waals surface area contributed by atoms with Crippen molar-refractivity contribution in [3.63, 3.8) is 0 Å². The molecular formula is C27H35FN2O5. The first kappa shape index (κ1) is 25.1. The smallest absolute Gasteiger partial charge is 0.305 e. The summed E-state index contributed by atoms with van der Waals surface area (Å²) < 4.78 is 31.9. The molecule has 0 bridgehead atoms. The summed E-state index contributed by atoms with van der Waals surface area (Å²) in [6.45, 7) is 4.07. The molecule has 2 fully saturated rings. The first-order valence-electron chi connectivity index (χ1n) is 12.3. The van der Waals surface area contributed by atoms with Gasteiger partial charge in [-0.05, 0) is 48.7 Å². The monoisotopic (exact) mass is 486 g/mol. The number of nitrogens with zero attached hydrogens (tertiary/aromatic N) is 2. The third-order valence-electron chi connectivity index (χ3n) is 7.10. The summed E-state index contributed by atoms with van der Waals surface area (Å²) in [5.41, 5.74) is 2.42. The molecule has 0 radical (unpaired) electrons. The van der Waals surface area contributed by atoms with Crippen LogP contribution in [0.4, 0.5) is 15.8 Å². The summed E-state index contributed by atoms with van der Waals surface area (Å²) in [7, 11) is 3.28. The predicted octanol–water partition coefficient (Wildman–Crippen LogP) is 4.51. The van der Waals surface area contributed by atoms with Gasteiger partial charge in [0.1, 0.15) is 23.4 Å². The fourth-order valence-electron chi connectivity index (χ4n) is 5.17. The van der Waals surface area contributed by atoms with Crippen molar-refractivity contribution in [3.8, 4) is 11.5 Å². The lowest BCUT2D eigenvalue weighted by Crippen LogP contribution is -2.38. The Hall–Kier alpha value is -3.00. The maximum atomic E-state index is 14.7. The zero-order valence-corrected chi connectivity index (χ0v) is 20.7. The van der Waals surface area contributed by atoms with Crippen molar-refractivity contribution in [1.82, 2.24) is 0 Å². The van der Waals surface area contributed by atoms with Crippen molar-refractivity contribution < 1.29 is 28.5 Å². The number of piperidine rings is 1. The lowest BCUT2D eigenvalue weighted by Gasteiger charge is -2.34. The van der Waals surface area contributed by atoms with Crippen molar-refractivity contribution >= 4 is 17.3 Å². The van der Waals surface area contributed by atoms with E-state index in [2.05, 4.69) is 9.80 Å². The number of halogens is 1. The Morgan fingerprint density at radius 2 is 1.83 bits per heavy atom. The highest BCUT2D eigenvalue weighted by molar-refractivity contribution is 5.69. The van der Waals surface area contributed by atoms with Crippen LogP contribution in [0.1, 0.15) is 38.2 Å². The van der Waals surface area contributed by atoms with Gasteiger partial charge in [0.05, 0.1) is 25.3 Å². The van der Waals surface area contributed by atoms with E-state index in [1.807, 2.05) is 31.2 Å². The number of rotatable bonds is 9. The number of anilines is 2. The molecule has 2 atom stereocenters. The number of ether oxygens (including phenoxy) is 3. The molecule has 2 heterocycles. The molecule has 4 rings (SSSR count). The van der Waals surface area contributed by atoms with Gasteiger partial charge in [-0.25, -0.2) is 4.39 Å². The van der Waals surface area contributed by atoms with Crippen LogP contribution in [0, 0.1) is 5.82 Å². The molecule has 190 valence electrons. The second-order valence-corrected chi connectivity index (χ2v) is 9.26. The largest absolute Gasteiger partial charge is 0.496 e. The lowest BCUT2D eigenvalue weighted by atomic mass is 10.0. The molecule has 7 nitrogen and oxygen atoms in total. The van der Waals surface area contributed by atoms with Crippen molar-refractivity contribution in [3.05, 3.63) is 47.8 Å². The van der Waals surface area contributed by atoms with E-state index < -0.39 is 5.97 Å². The topological polar surface area (TPSA) is 71.5 Å². The fourth-order valence-corrected chi connectivity index (χ4v) is 5.17. The van der Waals surface area contributed by atoms with E-state index in [4.69, 9.17) is 14.2 Å². The molecule has 0 saturated carbocycles. The molecule has 0 aliphatic carbocycles. The summed E-state index contributed by atoms with van der Waals surface area (Å²) in [4.78, 5) is 15.4. The molecule has 2 aromatic rings. The highest BCUT2D eigenvalue weighted by Crippen LogP contribution is 2.33. The summed E-state index contributed by atoms with van der Waals surface area (Å²) in [5, 5.41) is 9.26. The van der Waals surface area contributed by atoms with Gasteiger partial charge in [0.2, 0.25) is 0 Å². The lowest BCUT2D eigenvalue weighted by molar-refractivity contribution is -0.137. The van der Waals surface area contributed by atoms with Gasteiger partial charge in [-0.2, -0.15) is 0 Å². The Balaban J connectivity index is 1.35. The zero-order chi connectivity index (χ0) is 24.9. The van der Waals surface area contributed by atoms with Crippen LogP contribution in [0.5, 0.6) is 11.5 Å². The van der Waals surface area contributed by atoms with E-state index in [1.54, 1.807) is 26.4 Å². The molecule has 2 aromatic carbocycles. The maximum Gasteiger partial charge on any atom is 0.305 e. The van der Waals surface area contributed by atoms with E-state index >= 15 is 0 Å². The van der Waals surface area contributed by atoms with Gasteiger partial charge in [-0.3, -0.25) is 4.79 Å². The van der Waals surface area contributed by atoms with Gasteiger partial charge in [0.15, 0.2) is 0 Å². The Morgan fingerprint density at radius 3 is 2.43 bits per heavy atom. The van der Waals surface area contributed by atoms with Gasteiger partial charge >= 0.3 is 5.97 Å². The number of benzene rings is 2. The molecule has 0 aromatic heterocycles. The fraction of sp³-hybridized carbons (Fsp3) is 0.519.